The van der Waals surface area contributed by atoms with Gasteiger partial charge in [-0.2, -0.15) is 0 Å². The van der Waals surface area contributed by atoms with Crippen LogP contribution in [0.5, 0.6) is 0 Å². The maximum Gasteiger partial charge on any atom is 0.0974 e. The summed E-state index contributed by atoms with van der Waals surface area (Å²) in [7, 11) is 0. The lowest BCUT2D eigenvalue weighted by molar-refractivity contribution is 0.260. The van der Waals surface area contributed by atoms with Gasteiger partial charge < -0.3 is 5.11 Å². The Balaban J connectivity index is 2.93. The Labute approximate surface area is 61.4 Å². The van der Waals surface area contributed by atoms with Gasteiger partial charge in [-0.3, -0.25) is 0 Å². The average molecular weight is 136 g/mol. The molecule has 0 amide bonds. The molecule has 1 atom stereocenters. The fourth-order valence-corrected chi connectivity index (χ4v) is 1.14. The molecule has 0 aromatic rings. The standard InChI is InChI=1S/C9H12O/c1-3-8-7(2)5-4-6-9(8)10/h3-6,9-10H,1-2H3. The van der Waals surface area contributed by atoms with Gasteiger partial charge in [0.1, 0.15) is 0 Å². The topological polar surface area (TPSA) is 20.2 Å². The predicted molar refractivity (Wildman–Crippen MR) is 42.7 cm³/mol. The molecule has 1 nitrogen and oxygen atoms in total. The minimum Gasteiger partial charge on any atom is -0.384 e. The zero-order chi connectivity index (χ0) is 7.56. The summed E-state index contributed by atoms with van der Waals surface area (Å²) in [4.78, 5) is 0. The predicted octanol–water partition coefficient (Wildman–Crippen LogP) is 1.81. The lowest BCUT2D eigenvalue weighted by atomic mass is 9.97. The normalized spacial score (nSPS) is 28.9. The van der Waals surface area contributed by atoms with Gasteiger partial charge in [0, 0.05) is 0 Å². The molecule has 1 heteroatoms. The van der Waals surface area contributed by atoms with Crippen molar-refractivity contribution in [3.8, 4) is 0 Å². The molecule has 1 aliphatic rings. The number of hydrogen-bond acceptors (Lipinski definition) is 1. The van der Waals surface area contributed by atoms with Gasteiger partial charge in [0.05, 0.1) is 6.10 Å². The molecule has 1 aliphatic carbocycles. The Hall–Kier alpha value is -0.820. The number of allylic oxidation sites excluding steroid dienone is 3. The number of aliphatic hydroxyl groups is 1. The van der Waals surface area contributed by atoms with Gasteiger partial charge in [-0.1, -0.05) is 24.3 Å². The molecular formula is C9H12O. The zero-order valence-corrected chi connectivity index (χ0v) is 6.33. The lowest BCUT2D eigenvalue weighted by Crippen LogP contribution is -2.09. The van der Waals surface area contributed by atoms with Gasteiger partial charge in [0.25, 0.3) is 0 Å². The molecule has 0 radical (unpaired) electrons. The van der Waals surface area contributed by atoms with E-state index in [1.807, 2.05) is 32.1 Å². The first-order chi connectivity index (χ1) is 4.75. The van der Waals surface area contributed by atoms with E-state index in [1.165, 1.54) is 0 Å². The van der Waals surface area contributed by atoms with Crippen molar-refractivity contribution in [2.75, 3.05) is 0 Å². The molecular weight excluding hydrogens is 124 g/mol. The van der Waals surface area contributed by atoms with E-state index in [9.17, 15) is 5.11 Å². The minimum absolute atomic E-state index is 0.394. The lowest BCUT2D eigenvalue weighted by Gasteiger charge is -2.14. The van der Waals surface area contributed by atoms with E-state index in [0.29, 0.717) is 0 Å². The first kappa shape index (κ1) is 7.29. The van der Waals surface area contributed by atoms with E-state index in [0.717, 1.165) is 11.1 Å². The Morgan fingerprint density at radius 3 is 2.70 bits per heavy atom. The average Bonchev–Trinajstić information content (AvgIpc) is 1.88. The van der Waals surface area contributed by atoms with Gasteiger partial charge in [-0.05, 0) is 25.0 Å². The molecule has 0 bridgehead atoms. The van der Waals surface area contributed by atoms with Crippen molar-refractivity contribution < 1.29 is 5.11 Å². The van der Waals surface area contributed by atoms with Crippen LogP contribution in [0.3, 0.4) is 0 Å². The van der Waals surface area contributed by atoms with E-state index < -0.39 is 6.10 Å². The highest BCUT2D eigenvalue weighted by Gasteiger charge is 2.09. The fraction of sp³-hybridized carbons (Fsp3) is 0.333. The molecule has 0 heterocycles. The molecule has 0 saturated carbocycles. The van der Waals surface area contributed by atoms with Gasteiger partial charge in [0.15, 0.2) is 0 Å². The van der Waals surface area contributed by atoms with Crippen LogP contribution in [0.1, 0.15) is 13.8 Å². The zero-order valence-electron chi connectivity index (χ0n) is 6.33. The van der Waals surface area contributed by atoms with Crippen LogP contribution in [0.2, 0.25) is 0 Å². The van der Waals surface area contributed by atoms with Crippen LogP contribution in [0.4, 0.5) is 0 Å². The smallest absolute Gasteiger partial charge is 0.0974 e. The van der Waals surface area contributed by atoms with E-state index >= 15 is 0 Å². The Morgan fingerprint density at radius 1 is 1.60 bits per heavy atom. The number of aliphatic hydroxyl groups excluding tert-OH is 1. The fourth-order valence-electron chi connectivity index (χ4n) is 1.14. The molecule has 0 aliphatic heterocycles. The van der Waals surface area contributed by atoms with E-state index in [4.69, 9.17) is 0 Å². The Kier molecular flexibility index (Phi) is 2.07. The van der Waals surface area contributed by atoms with Crippen molar-refractivity contribution in [3.63, 3.8) is 0 Å². The maximum absolute atomic E-state index is 9.34. The van der Waals surface area contributed by atoms with E-state index in [2.05, 4.69) is 0 Å². The largest absolute Gasteiger partial charge is 0.384 e. The molecule has 1 rings (SSSR count). The van der Waals surface area contributed by atoms with Gasteiger partial charge in [-0.15, -0.1) is 0 Å². The molecule has 1 unspecified atom stereocenters. The molecule has 1 N–H and O–H groups in total. The van der Waals surface area contributed by atoms with Crippen molar-refractivity contribution in [2.45, 2.75) is 20.0 Å². The van der Waals surface area contributed by atoms with E-state index in [1.54, 1.807) is 6.08 Å². The Morgan fingerprint density at radius 2 is 2.30 bits per heavy atom. The summed E-state index contributed by atoms with van der Waals surface area (Å²) in [5.74, 6) is 0. The molecule has 0 fully saturated rings. The third kappa shape index (κ3) is 1.19. The maximum atomic E-state index is 9.34. The Bertz CT molecular complexity index is 209. The summed E-state index contributed by atoms with van der Waals surface area (Å²) in [5, 5.41) is 9.34. The highest BCUT2D eigenvalue weighted by molar-refractivity contribution is 5.41. The van der Waals surface area contributed by atoms with Gasteiger partial charge in [-0.25, -0.2) is 0 Å². The SMILES string of the molecule is CC=C1C(C)=CC=CC1O. The van der Waals surface area contributed by atoms with Crippen LogP contribution in [0.25, 0.3) is 0 Å². The highest BCUT2D eigenvalue weighted by Crippen LogP contribution is 2.18. The number of rotatable bonds is 0. The second-order valence-electron chi connectivity index (χ2n) is 2.42. The molecule has 0 aromatic carbocycles. The second-order valence-corrected chi connectivity index (χ2v) is 2.42. The third-order valence-electron chi connectivity index (χ3n) is 1.72. The van der Waals surface area contributed by atoms with Gasteiger partial charge >= 0.3 is 0 Å². The van der Waals surface area contributed by atoms with Crippen LogP contribution >= 0.6 is 0 Å². The van der Waals surface area contributed by atoms with Gasteiger partial charge in [0.2, 0.25) is 0 Å². The molecule has 0 aromatic heterocycles. The first-order valence-corrected chi connectivity index (χ1v) is 3.45. The summed E-state index contributed by atoms with van der Waals surface area (Å²) >= 11 is 0. The number of hydrogen-bond donors (Lipinski definition) is 1. The molecule has 54 valence electrons. The van der Waals surface area contributed by atoms with Crippen molar-refractivity contribution in [1.82, 2.24) is 0 Å². The van der Waals surface area contributed by atoms with Crippen molar-refractivity contribution in [3.05, 3.63) is 35.5 Å². The van der Waals surface area contributed by atoms with E-state index in [-0.39, 0.29) is 0 Å². The summed E-state index contributed by atoms with van der Waals surface area (Å²) in [5.41, 5.74) is 2.17. The van der Waals surface area contributed by atoms with Crippen molar-refractivity contribution in [1.29, 1.82) is 0 Å². The molecule has 0 spiro atoms. The first-order valence-electron chi connectivity index (χ1n) is 3.45. The summed E-state index contributed by atoms with van der Waals surface area (Å²) in [6.45, 7) is 3.94. The third-order valence-corrected chi connectivity index (χ3v) is 1.72. The highest BCUT2D eigenvalue weighted by atomic mass is 16.3. The van der Waals surface area contributed by atoms with Crippen molar-refractivity contribution >= 4 is 0 Å². The molecule has 0 saturated heterocycles. The van der Waals surface area contributed by atoms with Crippen LogP contribution < -0.4 is 0 Å². The minimum atomic E-state index is -0.394. The van der Waals surface area contributed by atoms with Crippen molar-refractivity contribution in [2.24, 2.45) is 0 Å². The van der Waals surface area contributed by atoms with Crippen LogP contribution in [-0.2, 0) is 0 Å². The summed E-state index contributed by atoms with van der Waals surface area (Å²) in [6, 6.07) is 0. The summed E-state index contributed by atoms with van der Waals surface area (Å²) < 4.78 is 0. The monoisotopic (exact) mass is 136 g/mol. The molecule has 10 heavy (non-hydrogen) atoms. The van der Waals surface area contributed by atoms with Crippen LogP contribution in [0, 0.1) is 0 Å². The quantitative estimate of drug-likeness (QED) is 0.538. The van der Waals surface area contributed by atoms with Crippen LogP contribution in [-0.4, -0.2) is 11.2 Å². The van der Waals surface area contributed by atoms with Crippen LogP contribution in [0.15, 0.2) is 35.5 Å². The summed E-state index contributed by atoms with van der Waals surface area (Å²) in [6.07, 6.45) is 7.22. The second kappa shape index (κ2) is 2.84.